The number of aliphatic hydroxyl groups is 1. The van der Waals surface area contributed by atoms with Gasteiger partial charge in [-0.05, 0) is 24.1 Å². The smallest absolute Gasteiger partial charge is 0.387 e. The lowest BCUT2D eigenvalue weighted by Gasteiger charge is -2.28. The van der Waals surface area contributed by atoms with E-state index in [2.05, 4.69) is 9.72 Å². The van der Waals surface area contributed by atoms with E-state index >= 15 is 0 Å². The number of hydrogen-bond acceptors (Lipinski definition) is 7. The van der Waals surface area contributed by atoms with Gasteiger partial charge in [0.15, 0.2) is 0 Å². The summed E-state index contributed by atoms with van der Waals surface area (Å²) in [4.78, 5) is 28.5. The first-order valence-electron chi connectivity index (χ1n) is 9.87. The summed E-state index contributed by atoms with van der Waals surface area (Å²) in [6.07, 6.45) is 0.452. The number of aliphatic hydroxyl groups excluding tert-OH is 1. The molecule has 0 amide bonds. The van der Waals surface area contributed by atoms with E-state index in [-0.39, 0.29) is 37.0 Å². The molecule has 31 heavy (non-hydrogen) atoms. The number of rotatable bonds is 12. The van der Waals surface area contributed by atoms with Crippen LogP contribution >= 0.6 is 0 Å². The molecule has 1 atom stereocenters. The Morgan fingerprint density at radius 1 is 1.26 bits per heavy atom. The molecule has 0 fully saturated rings. The number of methoxy groups -OCH3 is 1. The number of ether oxygens (including phenoxy) is 2. The van der Waals surface area contributed by atoms with E-state index in [4.69, 9.17) is 10.5 Å². The van der Waals surface area contributed by atoms with Gasteiger partial charge in [0.25, 0.3) is 5.56 Å². The van der Waals surface area contributed by atoms with Gasteiger partial charge >= 0.3 is 12.3 Å². The van der Waals surface area contributed by atoms with Gasteiger partial charge in [0.1, 0.15) is 17.3 Å². The van der Waals surface area contributed by atoms with Crippen LogP contribution in [0.25, 0.3) is 0 Å². The number of aromatic amines is 1. The summed E-state index contributed by atoms with van der Waals surface area (Å²) in [5.74, 6) is -0.0305. The minimum atomic E-state index is -2.95. The van der Waals surface area contributed by atoms with Gasteiger partial charge in [0.2, 0.25) is 0 Å². The number of nitrogens with two attached hydrogens (primary N) is 1. The molecule has 4 N–H and O–H groups in total. The number of anilines is 2. The second-order valence-corrected chi connectivity index (χ2v) is 6.90. The zero-order valence-electron chi connectivity index (χ0n) is 17.5. The summed E-state index contributed by atoms with van der Waals surface area (Å²) < 4.78 is 35.3. The summed E-state index contributed by atoms with van der Waals surface area (Å²) in [7, 11) is 1.49. The standard InChI is InChI=1S/C20H28F2N4O5/c1-3-4-9-26-17(23)16(18(28)24-20(26)29)25(10-11-30-2)12-15(27)13-5-7-14(8-6-13)31-19(21)22/h5-8,15,19,27H,3-4,9-12,23H2,1-2H3,(H,24,28,29). The van der Waals surface area contributed by atoms with Crippen LogP contribution in [0.5, 0.6) is 5.75 Å². The topological polar surface area (TPSA) is 123 Å². The molecule has 0 spiro atoms. The van der Waals surface area contributed by atoms with E-state index in [1.54, 1.807) is 0 Å². The molecule has 0 aliphatic carbocycles. The third kappa shape index (κ3) is 6.53. The second-order valence-electron chi connectivity index (χ2n) is 6.90. The Hall–Kier alpha value is -2.92. The molecular formula is C20H28F2N4O5. The summed E-state index contributed by atoms with van der Waals surface area (Å²) in [5, 5.41) is 10.7. The zero-order chi connectivity index (χ0) is 23.0. The van der Waals surface area contributed by atoms with Crippen molar-refractivity contribution < 1.29 is 23.4 Å². The molecule has 9 nitrogen and oxygen atoms in total. The maximum absolute atomic E-state index is 12.6. The second kappa shape index (κ2) is 11.5. The first-order chi connectivity index (χ1) is 14.8. The van der Waals surface area contributed by atoms with Crippen molar-refractivity contribution in [3.05, 3.63) is 50.7 Å². The number of H-pyrrole nitrogens is 1. The van der Waals surface area contributed by atoms with Crippen LogP contribution in [-0.2, 0) is 11.3 Å². The molecule has 2 aromatic rings. The van der Waals surface area contributed by atoms with Crippen LogP contribution in [0.3, 0.4) is 0 Å². The Morgan fingerprint density at radius 3 is 2.52 bits per heavy atom. The fourth-order valence-electron chi connectivity index (χ4n) is 3.10. The van der Waals surface area contributed by atoms with Crippen LogP contribution in [0.2, 0.25) is 0 Å². The van der Waals surface area contributed by atoms with E-state index in [0.717, 1.165) is 6.42 Å². The van der Waals surface area contributed by atoms with Crippen LogP contribution in [0.1, 0.15) is 31.4 Å². The highest BCUT2D eigenvalue weighted by Crippen LogP contribution is 2.23. The number of alkyl halides is 2. The summed E-state index contributed by atoms with van der Waals surface area (Å²) in [6, 6.07) is 5.53. The fraction of sp³-hybridized carbons (Fsp3) is 0.500. The Morgan fingerprint density at radius 2 is 1.94 bits per heavy atom. The van der Waals surface area contributed by atoms with Crippen LogP contribution in [-0.4, -0.2) is 48.1 Å². The van der Waals surface area contributed by atoms with Gasteiger partial charge in [-0.15, -0.1) is 0 Å². The van der Waals surface area contributed by atoms with Crippen molar-refractivity contribution in [2.45, 2.75) is 39.0 Å². The van der Waals surface area contributed by atoms with Crippen molar-refractivity contribution in [1.82, 2.24) is 9.55 Å². The van der Waals surface area contributed by atoms with E-state index in [0.29, 0.717) is 18.5 Å². The lowest BCUT2D eigenvalue weighted by molar-refractivity contribution is -0.0498. The zero-order valence-corrected chi connectivity index (χ0v) is 17.5. The maximum Gasteiger partial charge on any atom is 0.387 e. The minimum Gasteiger partial charge on any atom is -0.435 e. The Labute approximate surface area is 178 Å². The van der Waals surface area contributed by atoms with Crippen molar-refractivity contribution in [3.8, 4) is 5.75 Å². The number of nitrogens with one attached hydrogen (secondary N) is 1. The third-order valence-corrected chi connectivity index (χ3v) is 4.71. The molecule has 11 heteroatoms. The monoisotopic (exact) mass is 442 g/mol. The number of nitrogen functional groups attached to an aromatic ring is 1. The minimum absolute atomic E-state index is 0.00573. The Balaban J connectivity index is 2.33. The normalized spacial score (nSPS) is 12.2. The molecule has 0 aliphatic heterocycles. The Bertz CT molecular complexity index is 946. The first kappa shape index (κ1) is 24.4. The van der Waals surface area contributed by atoms with Crippen molar-refractivity contribution in [3.63, 3.8) is 0 Å². The van der Waals surface area contributed by atoms with Crippen molar-refractivity contribution in [1.29, 1.82) is 0 Å². The predicted octanol–water partition coefficient (Wildman–Crippen LogP) is 1.71. The number of benzene rings is 1. The van der Waals surface area contributed by atoms with Gasteiger partial charge in [-0.1, -0.05) is 25.5 Å². The first-order valence-corrected chi connectivity index (χ1v) is 9.87. The van der Waals surface area contributed by atoms with E-state index < -0.39 is 24.0 Å². The molecule has 172 valence electrons. The summed E-state index contributed by atoms with van der Waals surface area (Å²) in [6.45, 7) is -0.222. The van der Waals surface area contributed by atoms with E-state index in [1.165, 1.54) is 40.8 Å². The molecule has 1 unspecified atom stereocenters. The number of nitrogens with zero attached hydrogens (tertiary/aromatic N) is 2. The molecule has 1 aromatic heterocycles. The number of halogens is 2. The maximum atomic E-state index is 12.6. The highest BCUT2D eigenvalue weighted by Gasteiger charge is 2.22. The fourth-order valence-corrected chi connectivity index (χ4v) is 3.10. The molecule has 1 aromatic carbocycles. The van der Waals surface area contributed by atoms with E-state index in [1.807, 2.05) is 6.92 Å². The lowest BCUT2D eigenvalue weighted by Crippen LogP contribution is -2.41. The van der Waals surface area contributed by atoms with Gasteiger partial charge < -0.3 is 25.2 Å². The van der Waals surface area contributed by atoms with Gasteiger partial charge in [-0.25, -0.2) is 4.79 Å². The number of unbranched alkanes of at least 4 members (excludes halogenated alkanes) is 1. The average Bonchev–Trinajstić information content (AvgIpc) is 2.71. The molecule has 2 rings (SSSR count). The van der Waals surface area contributed by atoms with Crippen LogP contribution in [0.15, 0.2) is 33.9 Å². The van der Waals surface area contributed by atoms with Gasteiger partial charge in [0, 0.05) is 26.7 Å². The summed E-state index contributed by atoms with van der Waals surface area (Å²) >= 11 is 0. The molecule has 0 bridgehead atoms. The van der Waals surface area contributed by atoms with Crippen LogP contribution in [0, 0.1) is 0 Å². The highest BCUT2D eigenvalue weighted by molar-refractivity contribution is 5.62. The summed E-state index contributed by atoms with van der Waals surface area (Å²) in [5.41, 5.74) is 5.40. The molecule has 0 radical (unpaired) electrons. The van der Waals surface area contributed by atoms with Crippen molar-refractivity contribution >= 4 is 11.5 Å². The van der Waals surface area contributed by atoms with Crippen LogP contribution < -0.4 is 26.6 Å². The highest BCUT2D eigenvalue weighted by atomic mass is 19.3. The lowest BCUT2D eigenvalue weighted by atomic mass is 10.1. The SMILES string of the molecule is CCCCn1c(N)c(N(CCOC)CC(O)c2ccc(OC(F)F)cc2)c(=O)[nH]c1=O. The Kier molecular flexibility index (Phi) is 9.01. The predicted molar refractivity (Wildman–Crippen MR) is 113 cm³/mol. The quantitative estimate of drug-likeness (QED) is 0.457. The van der Waals surface area contributed by atoms with Crippen molar-refractivity contribution in [2.75, 3.05) is 37.4 Å². The number of aromatic nitrogens is 2. The largest absolute Gasteiger partial charge is 0.435 e. The van der Waals surface area contributed by atoms with Crippen LogP contribution in [0.4, 0.5) is 20.3 Å². The third-order valence-electron chi connectivity index (χ3n) is 4.71. The number of hydrogen-bond donors (Lipinski definition) is 3. The van der Waals surface area contributed by atoms with Gasteiger partial charge in [-0.3, -0.25) is 14.3 Å². The molecule has 1 heterocycles. The van der Waals surface area contributed by atoms with Gasteiger partial charge in [0.05, 0.1) is 12.7 Å². The van der Waals surface area contributed by atoms with Crippen molar-refractivity contribution in [2.24, 2.45) is 0 Å². The molecular weight excluding hydrogens is 414 g/mol. The molecule has 0 saturated carbocycles. The molecule has 0 saturated heterocycles. The van der Waals surface area contributed by atoms with E-state index in [9.17, 15) is 23.5 Å². The average molecular weight is 442 g/mol. The van der Waals surface area contributed by atoms with Gasteiger partial charge in [-0.2, -0.15) is 8.78 Å². The molecule has 0 aliphatic rings.